The number of hydrogen-bond donors (Lipinski definition) is 0. The van der Waals surface area contributed by atoms with E-state index in [2.05, 4.69) is 10.1 Å². The minimum absolute atomic E-state index is 0.332. The first kappa shape index (κ1) is 15.5. The number of para-hydroxylation sites is 1. The van der Waals surface area contributed by atoms with E-state index in [4.69, 9.17) is 4.74 Å². The van der Waals surface area contributed by atoms with Crippen molar-refractivity contribution in [1.82, 2.24) is 14.3 Å². The molecule has 0 radical (unpaired) electrons. The number of nitrogens with zero attached hydrogens (tertiary/aromatic N) is 4. The number of carbonyl (C=O) groups excluding carboxylic acids is 1. The average Bonchev–Trinajstić information content (AvgIpc) is 3.08. The molecule has 2 heterocycles. The molecule has 0 aliphatic heterocycles. The van der Waals surface area contributed by atoms with Gasteiger partial charge in [-0.25, -0.2) is 0 Å². The number of benzene rings is 1. The van der Waals surface area contributed by atoms with E-state index in [0.717, 1.165) is 28.2 Å². The fraction of sp³-hybridized carbons (Fsp3) is 0.312. The Morgan fingerprint density at radius 2 is 2.22 bits per heavy atom. The van der Waals surface area contributed by atoms with Crippen LogP contribution in [0.1, 0.15) is 23.1 Å². The lowest BCUT2D eigenvalue weighted by Crippen LogP contribution is -2.14. The fourth-order valence-corrected chi connectivity index (χ4v) is 3.55. The van der Waals surface area contributed by atoms with Crippen LogP contribution in [0.25, 0.3) is 10.2 Å². The second-order valence-corrected chi connectivity index (χ2v) is 6.16. The minimum Gasteiger partial charge on any atom is -0.495 e. The monoisotopic (exact) mass is 330 g/mol. The summed E-state index contributed by atoms with van der Waals surface area (Å²) in [5.74, 6) is 0.433. The van der Waals surface area contributed by atoms with Crippen LogP contribution < -0.4 is 9.54 Å². The van der Waals surface area contributed by atoms with Crippen LogP contribution in [0.15, 0.2) is 29.3 Å². The van der Waals surface area contributed by atoms with Gasteiger partial charge in [0.1, 0.15) is 11.3 Å². The maximum atomic E-state index is 12.4. The lowest BCUT2D eigenvalue weighted by Gasteiger charge is -2.02. The van der Waals surface area contributed by atoms with E-state index in [1.54, 1.807) is 17.9 Å². The van der Waals surface area contributed by atoms with Gasteiger partial charge in [-0.2, -0.15) is 10.1 Å². The van der Waals surface area contributed by atoms with Crippen LogP contribution in [-0.4, -0.2) is 27.4 Å². The van der Waals surface area contributed by atoms with Gasteiger partial charge in [-0.15, -0.1) is 0 Å². The molecule has 0 atom stereocenters. The third-order valence-electron chi connectivity index (χ3n) is 3.70. The zero-order chi connectivity index (χ0) is 16.6. The molecular formula is C16H18N4O2S. The van der Waals surface area contributed by atoms with E-state index < -0.39 is 0 Å². The Hall–Kier alpha value is -2.41. The Bertz CT molecular complexity index is 949. The molecule has 0 saturated heterocycles. The molecule has 0 aliphatic rings. The highest BCUT2D eigenvalue weighted by atomic mass is 32.1. The van der Waals surface area contributed by atoms with E-state index in [1.165, 1.54) is 11.3 Å². The van der Waals surface area contributed by atoms with Crippen molar-refractivity contribution in [1.29, 1.82) is 0 Å². The zero-order valence-electron chi connectivity index (χ0n) is 13.5. The first-order valence-electron chi connectivity index (χ1n) is 7.31. The smallest absolute Gasteiger partial charge is 0.300 e. The molecule has 120 valence electrons. The zero-order valence-corrected chi connectivity index (χ0v) is 14.3. The molecule has 3 rings (SSSR count). The van der Waals surface area contributed by atoms with E-state index >= 15 is 0 Å². The molecule has 0 bridgehead atoms. The summed E-state index contributed by atoms with van der Waals surface area (Å²) in [5, 5.41) is 4.29. The summed E-state index contributed by atoms with van der Waals surface area (Å²) in [6.07, 6.45) is 0. The molecule has 7 heteroatoms. The van der Waals surface area contributed by atoms with Crippen LogP contribution in [0.4, 0.5) is 0 Å². The Morgan fingerprint density at radius 3 is 2.87 bits per heavy atom. The van der Waals surface area contributed by atoms with Gasteiger partial charge >= 0.3 is 0 Å². The Kier molecular flexibility index (Phi) is 4.04. The van der Waals surface area contributed by atoms with Crippen molar-refractivity contribution in [2.24, 2.45) is 12.0 Å². The van der Waals surface area contributed by atoms with Gasteiger partial charge in [0.15, 0.2) is 10.5 Å². The maximum absolute atomic E-state index is 12.4. The highest BCUT2D eigenvalue weighted by molar-refractivity contribution is 7.16. The van der Waals surface area contributed by atoms with E-state index in [9.17, 15) is 4.79 Å². The summed E-state index contributed by atoms with van der Waals surface area (Å²) in [6.45, 7) is 4.65. The van der Waals surface area contributed by atoms with Gasteiger partial charge in [0.05, 0.1) is 11.8 Å². The molecule has 0 aliphatic carbocycles. The quantitative estimate of drug-likeness (QED) is 0.741. The van der Waals surface area contributed by atoms with Crippen LogP contribution >= 0.6 is 11.3 Å². The number of ether oxygens (including phenoxy) is 1. The average molecular weight is 330 g/mol. The third kappa shape index (κ3) is 2.68. The molecule has 0 N–H and O–H groups in total. The van der Waals surface area contributed by atoms with Gasteiger partial charge in [-0.05, 0) is 32.0 Å². The molecule has 3 aromatic rings. The van der Waals surface area contributed by atoms with Gasteiger partial charge in [-0.1, -0.05) is 17.4 Å². The number of amides is 1. The van der Waals surface area contributed by atoms with E-state index in [0.29, 0.717) is 10.5 Å². The molecule has 0 spiro atoms. The van der Waals surface area contributed by atoms with Crippen molar-refractivity contribution in [2.75, 3.05) is 7.11 Å². The van der Waals surface area contributed by atoms with Crippen molar-refractivity contribution in [3.8, 4) is 5.75 Å². The van der Waals surface area contributed by atoms with Crippen LogP contribution in [-0.2, 0) is 13.6 Å². The van der Waals surface area contributed by atoms with Gasteiger partial charge in [0, 0.05) is 19.3 Å². The van der Waals surface area contributed by atoms with Gasteiger partial charge in [-0.3, -0.25) is 9.48 Å². The number of thiazole rings is 1. The van der Waals surface area contributed by atoms with Gasteiger partial charge in [0.2, 0.25) is 0 Å². The second kappa shape index (κ2) is 6.00. The molecule has 23 heavy (non-hydrogen) atoms. The van der Waals surface area contributed by atoms with Crippen LogP contribution in [0.3, 0.4) is 0 Å². The molecule has 6 nitrogen and oxygen atoms in total. The van der Waals surface area contributed by atoms with E-state index in [1.807, 2.05) is 43.7 Å². The predicted molar refractivity (Wildman–Crippen MR) is 89.9 cm³/mol. The molecule has 2 aromatic heterocycles. The van der Waals surface area contributed by atoms with Crippen molar-refractivity contribution in [2.45, 2.75) is 20.4 Å². The van der Waals surface area contributed by atoms with Crippen LogP contribution in [0, 0.1) is 6.92 Å². The Labute approximate surface area is 137 Å². The number of rotatable bonds is 3. The Morgan fingerprint density at radius 1 is 1.43 bits per heavy atom. The number of aromatic nitrogens is 3. The first-order chi connectivity index (χ1) is 11.0. The molecule has 0 fully saturated rings. The second-order valence-electron chi connectivity index (χ2n) is 5.15. The number of carbonyl (C=O) groups is 1. The predicted octanol–water partition coefficient (Wildman–Crippen LogP) is 2.51. The molecular weight excluding hydrogens is 312 g/mol. The largest absolute Gasteiger partial charge is 0.495 e. The number of methoxy groups -OCH3 is 1. The molecule has 0 unspecified atom stereocenters. The van der Waals surface area contributed by atoms with Crippen molar-refractivity contribution in [3.05, 3.63) is 40.5 Å². The molecule has 0 saturated carbocycles. The third-order valence-corrected chi connectivity index (χ3v) is 4.80. The standard InChI is InChI=1S/C16H18N4O2S/c1-5-20-10(2)9-11(18-20)15(21)17-16-19(3)14-12(22-4)7-6-8-13(14)23-16/h6-9H,5H2,1-4H3. The number of aryl methyl sites for hydroxylation is 3. The van der Waals surface area contributed by atoms with Gasteiger partial charge < -0.3 is 9.30 Å². The summed E-state index contributed by atoms with van der Waals surface area (Å²) < 4.78 is 10.1. The topological polar surface area (TPSA) is 61.4 Å². The fourth-order valence-electron chi connectivity index (χ4n) is 2.52. The SMILES string of the molecule is CCn1nc(C(=O)N=c2sc3cccc(OC)c3n2C)cc1C. The lowest BCUT2D eigenvalue weighted by atomic mass is 10.3. The number of hydrogen-bond acceptors (Lipinski definition) is 4. The lowest BCUT2D eigenvalue weighted by molar-refractivity contribution is 0.0992. The summed E-state index contributed by atoms with van der Waals surface area (Å²) >= 11 is 1.45. The normalized spacial score (nSPS) is 12.1. The highest BCUT2D eigenvalue weighted by Crippen LogP contribution is 2.26. The summed E-state index contributed by atoms with van der Waals surface area (Å²) in [7, 11) is 3.51. The van der Waals surface area contributed by atoms with Crippen LogP contribution in [0.2, 0.25) is 0 Å². The Balaban J connectivity index is 2.10. The van der Waals surface area contributed by atoms with Crippen LogP contribution in [0.5, 0.6) is 5.75 Å². The minimum atomic E-state index is -0.332. The highest BCUT2D eigenvalue weighted by Gasteiger charge is 2.13. The molecule has 1 aromatic carbocycles. The first-order valence-corrected chi connectivity index (χ1v) is 8.12. The summed E-state index contributed by atoms with van der Waals surface area (Å²) in [4.78, 5) is 17.3. The molecule has 1 amide bonds. The summed E-state index contributed by atoms with van der Waals surface area (Å²) in [6, 6.07) is 7.58. The summed E-state index contributed by atoms with van der Waals surface area (Å²) in [5.41, 5.74) is 2.25. The van der Waals surface area contributed by atoms with Crippen molar-refractivity contribution >= 4 is 27.5 Å². The van der Waals surface area contributed by atoms with Gasteiger partial charge in [0.25, 0.3) is 5.91 Å². The maximum Gasteiger partial charge on any atom is 0.300 e. The number of fused-ring (bicyclic) bond motifs is 1. The van der Waals surface area contributed by atoms with Crippen molar-refractivity contribution in [3.63, 3.8) is 0 Å². The van der Waals surface area contributed by atoms with Crippen molar-refractivity contribution < 1.29 is 9.53 Å². The van der Waals surface area contributed by atoms with E-state index in [-0.39, 0.29) is 5.91 Å².